The van der Waals surface area contributed by atoms with Crippen LogP contribution in [0.2, 0.25) is 0 Å². The minimum absolute atomic E-state index is 0.148. The van der Waals surface area contributed by atoms with E-state index in [2.05, 4.69) is 10.6 Å². The number of alkyl carbamates (subject to hydrolysis) is 1. The van der Waals surface area contributed by atoms with Crippen LogP contribution in [0, 0.1) is 11.8 Å². The lowest BCUT2D eigenvalue weighted by Crippen LogP contribution is -2.61. The molecule has 0 aromatic heterocycles. The zero-order chi connectivity index (χ0) is 27.1. The first-order chi connectivity index (χ1) is 18.3. The summed E-state index contributed by atoms with van der Waals surface area (Å²) in [4.78, 5) is 26.8. The van der Waals surface area contributed by atoms with Crippen molar-refractivity contribution in [2.24, 2.45) is 11.8 Å². The average molecular weight is 525 g/mol. The van der Waals surface area contributed by atoms with Crippen LogP contribution in [-0.2, 0) is 16.0 Å². The molecule has 2 amide bonds. The monoisotopic (exact) mass is 524 g/mol. The standard InChI is InChI=1S/C30H40N2O6/c1-30(18-21-11-14-24(37-2)15-12-21,28(35)31-25(19-33)27(34)22-8-4-3-5-9-22)32-29(36)38-26-16-13-20-7-6-10-23(26)17-20/h3-5,8-9,11-12,14-15,20,23,25-27,33-34H,6-7,10,13,16-19H2,1-2H3,(H,31,35)(H,32,36). The molecule has 2 bridgehead atoms. The molecule has 6 atom stereocenters. The van der Waals surface area contributed by atoms with Gasteiger partial charge < -0.3 is 30.3 Å². The maximum Gasteiger partial charge on any atom is 0.408 e. The van der Waals surface area contributed by atoms with Crippen LogP contribution in [0.4, 0.5) is 4.79 Å². The van der Waals surface area contributed by atoms with Crippen LogP contribution in [-0.4, -0.2) is 53.6 Å². The lowest BCUT2D eigenvalue weighted by atomic mass is 9.71. The highest BCUT2D eigenvalue weighted by atomic mass is 16.6. The molecule has 38 heavy (non-hydrogen) atoms. The first-order valence-corrected chi connectivity index (χ1v) is 13.6. The number of fused-ring (bicyclic) bond motifs is 2. The number of methoxy groups -OCH3 is 1. The van der Waals surface area contributed by atoms with Crippen LogP contribution < -0.4 is 15.4 Å². The fourth-order valence-electron chi connectivity index (χ4n) is 5.88. The average Bonchev–Trinajstić information content (AvgIpc) is 2.93. The molecule has 2 saturated carbocycles. The zero-order valence-electron chi connectivity index (χ0n) is 22.3. The topological polar surface area (TPSA) is 117 Å². The molecular formula is C30H40N2O6. The van der Waals surface area contributed by atoms with Gasteiger partial charge in [-0.15, -0.1) is 0 Å². The van der Waals surface area contributed by atoms with E-state index >= 15 is 0 Å². The molecule has 4 N–H and O–H groups in total. The number of amides is 2. The van der Waals surface area contributed by atoms with Gasteiger partial charge in [0.1, 0.15) is 23.5 Å². The molecule has 4 rings (SSSR count). The number of rotatable bonds is 10. The third-order valence-electron chi connectivity index (χ3n) is 8.10. The summed E-state index contributed by atoms with van der Waals surface area (Å²) in [6.07, 6.45) is 4.77. The number of carbonyl (C=O) groups excluding carboxylic acids is 2. The second-order valence-electron chi connectivity index (χ2n) is 10.9. The van der Waals surface area contributed by atoms with Crippen LogP contribution in [0.3, 0.4) is 0 Å². The lowest BCUT2D eigenvalue weighted by molar-refractivity contribution is -0.129. The molecule has 0 saturated heterocycles. The summed E-state index contributed by atoms with van der Waals surface area (Å²) in [6, 6.07) is 15.1. The Balaban J connectivity index is 1.50. The summed E-state index contributed by atoms with van der Waals surface area (Å²) in [7, 11) is 1.58. The summed E-state index contributed by atoms with van der Waals surface area (Å²) in [5.41, 5.74) is -0.0286. The van der Waals surface area contributed by atoms with E-state index in [1.165, 1.54) is 12.8 Å². The van der Waals surface area contributed by atoms with E-state index in [1.807, 2.05) is 18.2 Å². The summed E-state index contributed by atoms with van der Waals surface area (Å²) in [6.45, 7) is 1.16. The van der Waals surface area contributed by atoms with Crippen molar-refractivity contribution in [2.45, 2.75) is 75.7 Å². The van der Waals surface area contributed by atoms with Crippen molar-refractivity contribution in [1.29, 1.82) is 0 Å². The Labute approximate surface area is 224 Å². The molecule has 2 aliphatic carbocycles. The molecule has 0 radical (unpaired) electrons. The third-order valence-corrected chi connectivity index (χ3v) is 8.10. The van der Waals surface area contributed by atoms with Gasteiger partial charge in [-0.25, -0.2) is 4.79 Å². The van der Waals surface area contributed by atoms with Gasteiger partial charge in [0.25, 0.3) is 0 Å². The van der Waals surface area contributed by atoms with Crippen molar-refractivity contribution < 1.29 is 29.3 Å². The van der Waals surface area contributed by atoms with Crippen LogP contribution in [0.15, 0.2) is 54.6 Å². The minimum Gasteiger partial charge on any atom is -0.497 e. The van der Waals surface area contributed by atoms with E-state index in [0.717, 1.165) is 37.2 Å². The van der Waals surface area contributed by atoms with Gasteiger partial charge in [-0.2, -0.15) is 0 Å². The summed E-state index contributed by atoms with van der Waals surface area (Å²) < 4.78 is 11.1. The highest BCUT2D eigenvalue weighted by Crippen LogP contribution is 2.41. The van der Waals surface area contributed by atoms with Gasteiger partial charge in [0, 0.05) is 6.42 Å². The van der Waals surface area contributed by atoms with Crippen molar-refractivity contribution in [2.75, 3.05) is 13.7 Å². The van der Waals surface area contributed by atoms with Gasteiger partial charge >= 0.3 is 6.09 Å². The van der Waals surface area contributed by atoms with E-state index in [0.29, 0.717) is 17.2 Å². The Morgan fingerprint density at radius 1 is 1.05 bits per heavy atom. The van der Waals surface area contributed by atoms with Gasteiger partial charge in [0.05, 0.1) is 19.8 Å². The number of aliphatic hydroxyl groups is 2. The maximum atomic E-state index is 13.7. The SMILES string of the molecule is COc1ccc(CC(C)(NC(=O)OC2CCC3CCCC2C3)C(=O)NC(CO)C(O)c2ccccc2)cc1. The Bertz CT molecular complexity index is 1060. The fourth-order valence-corrected chi connectivity index (χ4v) is 5.88. The number of benzene rings is 2. The van der Waals surface area contributed by atoms with E-state index in [4.69, 9.17) is 9.47 Å². The van der Waals surface area contributed by atoms with Crippen LogP contribution >= 0.6 is 0 Å². The molecule has 8 nitrogen and oxygen atoms in total. The van der Waals surface area contributed by atoms with Gasteiger partial charge in [0.2, 0.25) is 5.91 Å². The largest absolute Gasteiger partial charge is 0.497 e. The molecule has 2 aromatic carbocycles. The van der Waals surface area contributed by atoms with Crippen molar-refractivity contribution in [3.8, 4) is 5.75 Å². The smallest absolute Gasteiger partial charge is 0.408 e. The summed E-state index contributed by atoms with van der Waals surface area (Å²) in [5.74, 6) is 1.26. The molecule has 0 heterocycles. The first kappa shape index (κ1) is 27.9. The molecule has 0 spiro atoms. The number of aliphatic hydroxyl groups excluding tert-OH is 2. The molecular weight excluding hydrogens is 484 g/mol. The van der Waals surface area contributed by atoms with Gasteiger partial charge in [-0.1, -0.05) is 55.3 Å². The summed E-state index contributed by atoms with van der Waals surface area (Å²) >= 11 is 0. The van der Waals surface area contributed by atoms with Crippen molar-refractivity contribution >= 4 is 12.0 Å². The van der Waals surface area contributed by atoms with Crippen molar-refractivity contribution in [3.05, 3.63) is 65.7 Å². The predicted octanol–water partition coefficient (Wildman–Crippen LogP) is 3.90. The van der Waals surface area contributed by atoms with Crippen LogP contribution in [0.5, 0.6) is 5.75 Å². The maximum absolute atomic E-state index is 13.7. The van der Waals surface area contributed by atoms with E-state index in [1.54, 1.807) is 50.4 Å². The number of carbonyl (C=O) groups is 2. The van der Waals surface area contributed by atoms with Crippen molar-refractivity contribution in [3.63, 3.8) is 0 Å². The molecule has 2 aliphatic rings. The first-order valence-electron chi connectivity index (χ1n) is 13.6. The van der Waals surface area contributed by atoms with Crippen LogP contribution in [0.1, 0.15) is 62.7 Å². The van der Waals surface area contributed by atoms with E-state index < -0.39 is 36.3 Å². The molecule has 2 aromatic rings. The van der Waals surface area contributed by atoms with Gasteiger partial charge in [-0.05, 0) is 67.7 Å². The fraction of sp³-hybridized carbons (Fsp3) is 0.533. The number of hydrogen-bond acceptors (Lipinski definition) is 6. The van der Waals surface area contributed by atoms with Crippen molar-refractivity contribution in [1.82, 2.24) is 10.6 Å². The predicted molar refractivity (Wildman–Crippen MR) is 144 cm³/mol. The Hall–Kier alpha value is -3.10. The quantitative estimate of drug-likeness (QED) is 0.375. The third kappa shape index (κ3) is 6.85. The van der Waals surface area contributed by atoms with Gasteiger partial charge in [-0.3, -0.25) is 4.79 Å². The number of ether oxygens (including phenoxy) is 2. The molecule has 0 aliphatic heterocycles. The number of nitrogens with one attached hydrogen (secondary N) is 2. The van der Waals surface area contributed by atoms with E-state index in [9.17, 15) is 19.8 Å². The molecule has 8 heteroatoms. The number of hydrogen-bond donors (Lipinski definition) is 4. The Morgan fingerprint density at radius 3 is 2.47 bits per heavy atom. The van der Waals surface area contributed by atoms with Gasteiger partial charge in [0.15, 0.2) is 0 Å². The second kappa shape index (κ2) is 12.6. The second-order valence-corrected chi connectivity index (χ2v) is 10.9. The Morgan fingerprint density at radius 2 is 1.79 bits per heavy atom. The lowest BCUT2D eigenvalue weighted by Gasteiger charge is -2.40. The Kier molecular flexibility index (Phi) is 9.28. The summed E-state index contributed by atoms with van der Waals surface area (Å²) in [5, 5.41) is 26.4. The highest BCUT2D eigenvalue weighted by molar-refractivity contribution is 5.90. The molecule has 206 valence electrons. The molecule has 2 fully saturated rings. The zero-order valence-corrected chi connectivity index (χ0v) is 22.3. The van der Waals surface area contributed by atoms with Crippen LogP contribution in [0.25, 0.3) is 0 Å². The molecule has 6 unspecified atom stereocenters. The van der Waals surface area contributed by atoms with E-state index in [-0.39, 0.29) is 12.5 Å². The normalized spacial score (nSPS) is 23.8. The minimum atomic E-state index is -1.40. The highest BCUT2D eigenvalue weighted by Gasteiger charge is 2.40.